The third-order valence-corrected chi connectivity index (χ3v) is 4.08. The molecule has 8 heteroatoms. The fraction of sp³-hybridized carbons (Fsp3) is 0.471. The molecule has 0 aromatic heterocycles. The van der Waals surface area contributed by atoms with Crippen molar-refractivity contribution in [1.82, 2.24) is 10.2 Å². The summed E-state index contributed by atoms with van der Waals surface area (Å²) in [4.78, 5) is 37.3. The number of carbonyl (C=O) groups excluding carboxylic acids is 3. The van der Waals surface area contributed by atoms with Crippen molar-refractivity contribution in [2.45, 2.75) is 44.6 Å². The van der Waals surface area contributed by atoms with E-state index >= 15 is 0 Å². The smallest absolute Gasteiger partial charge is 0.410 e. The SMILES string of the molecule is C[C@@H](O)[C@H](NC(=O)[C@H]1CCCN1C(=O)OCc1ccccc1)C(N)=O. The first-order valence-electron chi connectivity index (χ1n) is 8.15. The van der Waals surface area contributed by atoms with Crippen LogP contribution in [0.15, 0.2) is 30.3 Å². The van der Waals surface area contributed by atoms with E-state index in [1.165, 1.54) is 11.8 Å². The highest BCUT2D eigenvalue weighted by atomic mass is 16.6. The van der Waals surface area contributed by atoms with Crippen molar-refractivity contribution >= 4 is 17.9 Å². The third-order valence-electron chi connectivity index (χ3n) is 4.08. The lowest BCUT2D eigenvalue weighted by atomic mass is 10.1. The van der Waals surface area contributed by atoms with E-state index in [9.17, 15) is 19.5 Å². The zero-order valence-corrected chi connectivity index (χ0v) is 14.1. The zero-order chi connectivity index (χ0) is 18.4. The van der Waals surface area contributed by atoms with Gasteiger partial charge in [0.2, 0.25) is 11.8 Å². The van der Waals surface area contributed by atoms with Crippen molar-refractivity contribution in [3.63, 3.8) is 0 Å². The van der Waals surface area contributed by atoms with Gasteiger partial charge in [-0.25, -0.2) is 4.79 Å². The van der Waals surface area contributed by atoms with E-state index < -0.39 is 36.1 Å². The van der Waals surface area contributed by atoms with Crippen molar-refractivity contribution in [3.8, 4) is 0 Å². The lowest BCUT2D eigenvalue weighted by molar-refractivity contribution is -0.132. The number of carbonyl (C=O) groups is 3. The van der Waals surface area contributed by atoms with Crippen molar-refractivity contribution in [2.75, 3.05) is 6.54 Å². The Kier molecular flexibility index (Phi) is 6.35. The minimum atomic E-state index is -1.20. The molecule has 0 aliphatic carbocycles. The number of nitrogens with zero attached hydrogens (tertiary/aromatic N) is 1. The van der Waals surface area contributed by atoms with Crippen LogP contribution in [-0.4, -0.2) is 52.6 Å². The van der Waals surface area contributed by atoms with Crippen molar-refractivity contribution < 1.29 is 24.2 Å². The van der Waals surface area contributed by atoms with Crippen LogP contribution in [0.3, 0.4) is 0 Å². The van der Waals surface area contributed by atoms with E-state index in [0.29, 0.717) is 19.4 Å². The van der Waals surface area contributed by atoms with Gasteiger partial charge in [-0.2, -0.15) is 0 Å². The number of hydrogen-bond acceptors (Lipinski definition) is 5. The Morgan fingerprint density at radius 2 is 2.04 bits per heavy atom. The Hall–Kier alpha value is -2.61. The number of primary amides is 1. The monoisotopic (exact) mass is 349 g/mol. The average molecular weight is 349 g/mol. The molecular weight excluding hydrogens is 326 g/mol. The van der Waals surface area contributed by atoms with E-state index in [2.05, 4.69) is 5.32 Å². The maximum absolute atomic E-state index is 12.4. The molecule has 3 amide bonds. The number of amides is 3. The molecule has 8 nitrogen and oxygen atoms in total. The molecule has 1 aromatic carbocycles. The number of hydrogen-bond donors (Lipinski definition) is 3. The minimum Gasteiger partial charge on any atom is -0.445 e. The predicted molar refractivity (Wildman–Crippen MR) is 89.2 cm³/mol. The van der Waals surface area contributed by atoms with Crippen LogP contribution >= 0.6 is 0 Å². The third kappa shape index (κ3) is 4.93. The topological polar surface area (TPSA) is 122 Å². The summed E-state index contributed by atoms with van der Waals surface area (Å²) in [7, 11) is 0. The lowest BCUT2D eigenvalue weighted by Crippen LogP contribution is -2.55. The number of rotatable bonds is 6. The van der Waals surface area contributed by atoms with E-state index in [1.54, 1.807) is 0 Å². The molecule has 3 atom stereocenters. The minimum absolute atomic E-state index is 0.113. The molecule has 1 fully saturated rings. The van der Waals surface area contributed by atoms with Crippen molar-refractivity contribution in [1.29, 1.82) is 0 Å². The largest absolute Gasteiger partial charge is 0.445 e. The number of benzene rings is 1. The summed E-state index contributed by atoms with van der Waals surface area (Å²) in [6.07, 6.45) is -0.609. The first kappa shape index (κ1) is 18.7. The second kappa shape index (κ2) is 8.48. The quantitative estimate of drug-likeness (QED) is 0.674. The highest BCUT2D eigenvalue weighted by Crippen LogP contribution is 2.19. The standard InChI is InChI=1S/C17H23N3O5/c1-11(21)14(15(18)22)19-16(23)13-8-5-9-20(13)17(24)25-10-12-6-3-2-4-7-12/h2-4,6-7,11,13-14,21H,5,8-10H2,1H3,(H2,18,22)(H,19,23)/t11-,13-,14+/m1/s1. The molecule has 0 unspecified atom stereocenters. The van der Waals surface area contributed by atoms with Crippen LogP contribution in [0.2, 0.25) is 0 Å². The summed E-state index contributed by atoms with van der Waals surface area (Å²) >= 11 is 0. The molecule has 0 bridgehead atoms. The van der Waals surface area contributed by atoms with Gasteiger partial charge < -0.3 is 20.9 Å². The number of ether oxygens (including phenoxy) is 1. The molecule has 0 saturated carbocycles. The van der Waals surface area contributed by atoms with Gasteiger partial charge in [0.05, 0.1) is 6.10 Å². The highest BCUT2D eigenvalue weighted by molar-refractivity contribution is 5.91. The number of nitrogens with two attached hydrogens (primary N) is 1. The number of nitrogens with one attached hydrogen (secondary N) is 1. The van der Waals surface area contributed by atoms with Gasteiger partial charge in [-0.3, -0.25) is 14.5 Å². The summed E-state index contributed by atoms with van der Waals surface area (Å²) in [5, 5.41) is 11.9. The maximum Gasteiger partial charge on any atom is 0.410 e. The van der Waals surface area contributed by atoms with Crippen LogP contribution in [0.25, 0.3) is 0 Å². The molecule has 2 rings (SSSR count). The maximum atomic E-state index is 12.4. The summed E-state index contributed by atoms with van der Waals surface area (Å²) < 4.78 is 5.26. The molecule has 1 aliphatic heterocycles. The summed E-state index contributed by atoms with van der Waals surface area (Å²) in [6.45, 7) is 1.86. The molecule has 1 heterocycles. The Bertz CT molecular complexity index is 620. The molecule has 4 N–H and O–H groups in total. The Labute approximate surface area is 145 Å². The Morgan fingerprint density at radius 1 is 1.36 bits per heavy atom. The van der Waals surface area contributed by atoms with Gasteiger partial charge in [-0.1, -0.05) is 30.3 Å². The van der Waals surface area contributed by atoms with Crippen molar-refractivity contribution in [2.24, 2.45) is 5.73 Å². The summed E-state index contributed by atoms with van der Waals surface area (Å²) in [5.41, 5.74) is 6.02. The van der Waals surface area contributed by atoms with Gasteiger partial charge in [0, 0.05) is 6.54 Å². The molecule has 0 spiro atoms. The number of aliphatic hydroxyl groups is 1. The Morgan fingerprint density at radius 3 is 2.64 bits per heavy atom. The first-order chi connectivity index (χ1) is 11.9. The van der Waals surface area contributed by atoms with Gasteiger partial charge in [-0.15, -0.1) is 0 Å². The fourth-order valence-corrected chi connectivity index (χ4v) is 2.74. The lowest BCUT2D eigenvalue weighted by Gasteiger charge is -2.26. The normalized spacial score (nSPS) is 19.1. The second-order valence-corrected chi connectivity index (χ2v) is 6.02. The first-order valence-corrected chi connectivity index (χ1v) is 8.15. The molecule has 1 aromatic rings. The van der Waals surface area contributed by atoms with E-state index in [0.717, 1.165) is 5.56 Å². The zero-order valence-electron chi connectivity index (χ0n) is 14.1. The fourth-order valence-electron chi connectivity index (χ4n) is 2.74. The van der Waals surface area contributed by atoms with Crippen molar-refractivity contribution in [3.05, 3.63) is 35.9 Å². The highest BCUT2D eigenvalue weighted by Gasteiger charge is 2.37. The van der Waals surface area contributed by atoms with Crippen LogP contribution in [0.4, 0.5) is 4.79 Å². The number of aliphatic hydroxyl groups excluding tert-OH is 1. The molecule has 25 heavy (non-hydrogen) atoms. The van der Waals surface area contributed by atoms with Crippen LogP contribution < -0.4 is 11.1 Å². The summed E-state index contributed by atoms with van der Waals surface area (Å²) in [5.74, 6) is -1.36. The van der Waals surface area contributed by atoms with E-state index in [-0.39, 0.29) is 6.61 Å². The van der Waals surface area contributed by atoms with Gasteiger partial charge in [0.15, 0.2) is 0 Å². The summed E-state index contributed by atoms with van der Waals surface area (Å²) in [6, 6.07) is 7.27. The van der Waals surface area contributed by atoms with Crippen LogP contribution in [-0.2, 0) is 20.9 Å². The van der Waals surface area contributed by atoms with Gasteiger partial charge in [0.1, 0.15) is 18.7 Å². The predicted octanol–water partition coefficient (Wildman–Crippen LogP) is 0.138. The molecule has 0 radical (unpaired) electrons. The Balaban J connectivity index is 1.95. The van der Waals surface area contributed by atoms with Gasteiger partial charge in [-0.05, 0) is 25.3 Å². The number of likely N-dealkylation sites (tertiary alicyclic amines) is 1. The molecule has 136 valence electrons. The van der Waals surface area contributed by atoms with Gasteiger partial charge >= 0.3 is 6.09 Å². The van der Waals surface area contributed by atoms with E-state index in [4.69, 9.17) is 10.5 Å². The molecule has 1 aliphatic rings. The van der Waals surface area contributed by atoms with Crippen LogP contribution in [0.1, 0.15) is 25.3 Å². The van der Waals surface area contributed by atoms with E-state index in [1.807, 2.05) is 30.3 Å². The van der Waals surface area contributed by atoms with Gasteiger partial charge in [0.25, 0.3) is 0 Å². The molecule has 1 saturated heterocycles. The van der Waals surface area contributed by atoms with Crippen LogP contribution in [0.5, 0.6) is 0 Å². The average Bonchev–Trinajstić information content (AvgIpc) is 3.07. The second-order valence-electron chi connectivity index (χ2n) is 6.02. The molecular formula is C17H23N3O5. The van der Waals surface area contributed by atoms with Crippen LogP contribution in [0, 0.1) is 0 Å².